The highest BCUT2D eigenvalue weighted by Gasteiger charge is 2.61. The van der Waals surface area contributed by atoms with E-state index in [0.717, 1.165) is 13.0 Å². The van der Waals surface area contributed by atoms with Crippen molar-refractivity contribution in [3.63, 3.8) is 0 Å². The first kappa shape index (κ1) is 12.1. The molecule has 0 bridgehead atoms. The summed E-state index contributed by atoms with van der Waals surface area (Å²) in [6.45, 7) is 2.85. The third kappa shape index (κ3) is 2.09. The monoisotopic (exact) mass is 262 g/mol. The van der Waals surface area contributed by atoms with Gasteiger partial charge in [-0.2, -0.15) is 0 Å². The number of nitrogens with zero attached hydrogens (tertiary/aromatic N) is 1. The molecule has 1 saturated heterocycles. The van der Waals surface area contributed by atoms with Gasteiger partial charge in [-0.3, -0.25) is 9.59 Å². The molecule has 3 rings (SSSR count). The smallest absolute Gasteiger partial charge is 0.251 e. The Bertz CT molecular complexity index is 543. The van der Waals surface area contributed by atoms with Crippen LogP contribution in [0.25, 0.3) is 0 Å². The lowest BCUT2D eigenvalue weighted by molar-refractivity contribution is -0.128. The number of nitrogens with one attached hydrogen (secondary N) is 1. The van der Waals surface area contributed by atoms with Gasteiger partial charge in [0.2, 0.25) is 5.91 Å². The van der Waals surface area contributed by atoms with Crippen LogP contribution in [0.2, 0.25) is 0 Å². The Hall–Kier alpha value is -1.91. The van der Waals surface area contributed by atoms with Crippen LogP contribution in [0.3, 0.4) is 0 Å². The molecule has 1 aliphatic carbocycles. The summed E-state index contributed by atoms with van der Waals surface area (Å²) in [5, 5.41) is 2.99. The van der Waals surface area contributed by atoms with Crippen molar-refractivity contribution in [3.05, 3.63) is 35.6 Å². The second kappa shape index (κ2) is 4.05. The number of hydrogen-bond acceptors (Lipinski definition) is 2. The van der Waals surface area contributed by atoms with Crippen molar-refractivity contribution in [3.8, 4) is 0 Å². The Labute approximate surface area is 110 Å². The number of piperidine rings is 1. The molecule has 4 nitrogen and oxygen atoms in total. The molecule has 1 aromatic carbocycles. The minimum atomic E-state index is -0.359. The van der Waals surface area contributed by atoms with Crippen LogP contribution in [0.15, 0.2) is 24.3 Å². The van der Waals surface area contributed by atoms with Gasteiger partial charge in [-0.15, -0.1) is 0 Å². The van der Waals surface area contributed by atoms with Gasteiger partial charge in [0.05, 0.1) is 5.54 Å². The Morgan fingerprint density at radius 1 is 1.37 bits per heavy atom. The molecular formula is C14H15FN2O2. The molecule has 1 saturated carbocycles. The summed E-state index contributed by atoms with van der Waals surface area (Å²) >= 11 is 0. The topological polar surface area (TPSA) is 49.4 Å². The van der Waals surface area contributed by atoms with Crippen molar-refractivity contribution >= 4 is 11.8 Å². The van der Waals surface area contributed by atoms with Gasteiger partial charge < -0.3 is 10.2 Å². The molecule has 2 fully saturated rings. The van der Waals surface area contributed by atoms with Crippen LogP contribution >= 0.6 is 0 Å². The van der Waals surface area contributed by atoms with Crippen molar-refractivity contribution in [2.45, 2.75) is 18.9 Å². The molecule has 2 amide bonds. The Kier molecular flexibility index (Phi) is 2.59. The van der Waals surface area contributed by atoms with Gasteiger partial charge in [0.15, 0.2) is 0 Å². The van der Waals surface area contributed by atoms with E-state index in [1.54, 1.807) is 11.8 Å². The minimum Gasteiger partial charge on any atom is -0.344 e. The van der Waals surface area contributed by atoms with Crippen LogP contribution in [-0.2, 0) is 4.79 Å². The highest BCUT2D eigenvalue weighted by Crippen LogP contribution is 2.49. The Morgan fingerprint density at radius 3 is 2.63 bits per heavy atom. The maximum absolute atomic E-state index is 12.8. The van der Waals surface area contributed by atoms with Crippen molar-refractivity contribution in [2.24, 2.45) is 5.92 Å². The second-order valence-corrected chi connectivity index (χ2v) is 5.42. The molecule has 100 valence electrons. The van der Waals surface area contributed by atoms with Crippen LogP contribution < -0.4 is 5.32 Å². The largest absolute Gasteiger partial charge is 0.344 e. The molecular weight excluding hydrogens is 247 g/mol. The standard InChI is InChI=1S/C14H15FN2O2/c1-9(18)17-7-11-6-14(11,8-17)16-13(19)10-2-4-12(15)5-3-10/h2-5,11H,6-8H2,1H3,(H,16,19)/t11-,14-/m0/s1. The molecule has 2 atom stereocenters. The Morgan fingerprint density at radius 2 is 2.05 bits per heavy atom. The zero-order valence-electron chi connectivity index (χ0n) is 10.6. The van der Waals surface area contributed by atoms with Gasteiger partial charge in [-0.25, -0.2) is 4.39 Å². The average Bonchev–Trinajstić information content (AvgIpc) is 2.90. The van der Waals surface area contributed by atoms with E-state index in [-0.39, 0.29) is 23.2 Å². The van der Waals surface area contributed by atoms with Gasteiger partial charge in [-0.1, -0.05) is 0 Å². The molecule has 0 radical (unpaired) electrons. The van der Waals surface area contributed by atoms with Crippen molar-refractivity contribution < 1.29 is 14.0 Å². The molecule has 5 heteroatoms. The molecule has 1 N–H and O–H groups in total. The normalized spacial score (nSPS) is 27.9. The average molecular weight is 262 g/mol. The maximum Gasteiger partial charge on any atom is 0.251 e. The van der Waals surface area contributed by atoms with Crippen molar-refractivity contribution in [1.29, 1.82) is 0 Å². The maximum atomic E-state index is 12.8. The van der Waals surface area contributed by atoms with E-state index in [9.17, 15) is 14.0 Å². The highest BCUT2D eigenvalue weighted by molar-refractivity contribution is 5.95. The van der Waals surface area contributed by atoms with Crippen molar-refractivity contribution in [1.82, 2.24) is 10.2 Å². The fourth-order valence-electron chi connectivity index (χ4n) is 2.82. The molecule has 0 unspecified atom stereocenters. The van der Waals surface area contributed by atoms with Crippen molar-refractivity contribution in [2.75, 3.05) is 13.1 Å². The summed E-state index contributed by atoms with van der Waals surface area (Å²) in [7, 11) is 0. The first-order chi connectivity index (χ1) is 9.00. The van der Waals surface area contributed by atoms with Crippen LogP contribution in [-0.4, -0.2) is 35.3 Å². The van der Waals surface area contributed by atoms with Crippen LogP contribution in [0.1, 0.15) is 23.7 Å². The molecule has 0 spiro atoms. The summed E-state index contributed by atoms with van der Waals surface area (Å²) in [5.41, 5.74) is 0.194. The van der Waals surface area contributed by atoms with Crippen LogP contribution in [0.5, 0.6) is 0 Å². The predicted octanol–water partition coefficient (Wildman–Crippen LogP) is 1.18. The van der Waals surface area contributed by atoms with E-state index in [0.29, 0.717) is 18.0 Å². The number of hydrogen-bond donors (Lipinski definition) is 1. The molecule has 1 aliphatic heterocycles. The third-order valence-electron chi connectivity index (χ3n) is 4.06. The van der Waals surface area contributed by atoms with Gasteiger partial charge in [-0.05, 0) is 30.7 Å². The van der Waals surface area contributed by atoms with Gasteiger partial charge in [0, 0.05) is 31.5 Å². The fourth-order valence-corrected chi connectivity index (χ4v) is 2.82. The summed E-state index contributed by atoms with van der Waals surface area (Å²) in [6.07, 6.45) is 0.920. The second-order valence-electron chi connectivity index (χ2n) is 5.42. The lowest BCUT2D eigenvalue weighted by Crippen LogP contribution is -2.43. The molecule has 1 heterocycles. The van der Waals surface area contributed by atoms with Gasteiger partial charge >= 0.3 is 0 Å². The SMILES string of the molecule is CC(=O)N1C[C@@H]2C[C@]2(NC(=O)c2ccc(F)cc2)C1. The molecule has 1 aromatic rings. The number of halogens is 1. The van der Waals surface area contributed by atoms with E-state index in [1.165, 1.54) is 24.3 Å². The Balaban J connectivity index is 1.68. The van der Waals surface area contributed by atoms with Gasteiger partial charge in [0.1, 0.15) is 5.82 Å². The number of carbonyl (C=O) groups excluding carboxylic acids is 2. The molecule has 19 heavy (non-hydrogen) atoms. The first-order valence-electron chi connectivity index (χ1n) is 6.34. The lowest BCUT2D eigenvalue weighted by atomic mass is 10.1. The number of fused-ring (bicyclic) bond motifs is 1. The van der Waals surface area contributed by atoms with Crippen LogP contribution in [0.4, 0.5) is 4.39 Å². The van der Waals surface area contributed by atoms with E-state index >= 15 is 0 Å². The summed E-state index contributed by atoms with van der Waals surface area (Å²) < 4.78 is 12.8. The number of likely N-dealkylation sites (tertiary alicyclic amines) is 1. The van der Waals surface area contributed by atoms with E-state index in [2.05, 4.69) is 5.32 Å². The summed E-state index contributed by atoms with van der Waals surface area (Å²) in [6, 6.07) is 5.48. The van der Waals surface area contributed by atoms with Crippen LogP contribution in [0, 0.1) is 11.7 Å². The zero-order valence-corrected chi connectivity index (χ0v) is 10.6. The van der Waals surface area contributed by atoms with E-state index in [4.69, 9.17) is 0 Å². The number of benzene rings is 1. The number of rotatable bonds is 2. The van der Waals surface area contributed by atoms with E-state index in [1.807, 2.05) is 0 Å². The number of amides is 2. The summed E-state index contributed by atoms with van der Waals surface area (Å²) in [4.78, 5) is 25.2. The van der Waals surface area contributed by atoms with E-state index < -0.39 is 0 Å². The predicted molar refractivity (Wildman–Crippen MR) is 67.0 cm³/mol. The minimum absolute atomic E-state index is 0.0441. The zero-order chi connectivity index (χ0) is 13.6. The molecule has 2 aliphatic rings. The highest BCUT2D eigenvalue weighted by atomic mass is 19.1. The summed E-state index contributed by atoms with van der Waals surface area (Å²) in [5.74, 6) is -0.154. The third-order valence-corrected chi connectivity index (χ3v) is 4.06. The molecule has 0 aromatic heterocycles. The lowest BCUT2D eigenvalue weighted by Gasteiger charge is -2.20. The number of carbonyl (C=O) groups is 2. The first-order valence-corrected chi connectivity index (χ1v) is 6.34. The van der Waals surface area contributed by atoms with Gasteiger partial charge in [0.25, 0.3) is 5.91 Å². The quantitative estimate of drug-likeness (QED) is 0.870. The fraction of sp³-hybridized carbons (Fsp3) is 0.429.